The summed E-state index contributed by atoms with van der Waals surface area (Å²) in [6.45, 7) is 2.89. The minimum atomic E-state index is -0.186. The van der Waals surface area contributed by atoms with E-state index in [-0.39, 0.29) is 29.6 Å². The first-order valence-corrected chi connectivity index (χ1v) is 8.76. The van der Waals surface area contributed by atoms with Gasteiger partial charge in [-0.15, -0.1) is 0 Å². The molecule has 0 radical (unpaired) electrons. The van der Waals surface area contributed by atoms with Crippen molar-refractivity contribution in [3.63, 3.8) is 0 Å². The van der Waals surface area contributed by atoms with Crippen LogP contribution in [0.3, 0.4) is 0 Å². The van der Waals surface area contributed by atoms with Crippen LogP contribution >= 0.6 is 0 Å². The summed E-state index contributed by atoms with van der Waals surface area (Å²) in [5.74, 6) is 0.0200. The molecule has 1 saturated heterocycles. The van der Waals surface area contributed by atoms with Crippen LogP contribution in [0.1, 0.15) is 47.9 Å². The second-order valence-corrected chi connectivity index (χ2v) is 7.07. The quantitative estimate of drug-likeness (QED) is 0.808. The Labute approximate surface area is 142 Å². The predicted octanol–water partition coefficient (Wildman–Crippen LogP) is 4.60. The molecule has 1 heterocycles. The van der Waals surface area contributed by atoms with Gasteiger partial charge in [-0.05, 0) is 49.3 Å². The average Bonchev–Trinajstić information content (AvgIpc) is 3.23. The highest BCUT2D eigenvalue weighted by molar-refractivity contribution is 5.83. The number of carbonyl (C=O) groups excluding carboxylic acids is 1. The molecule has 0 spiro atoms. The Morgan fingerprint density at radius 2 is 1.88 bits per heavy atom. The molecule has 3 atom stereocenters. The molecular formula is C21H22FNO. The minimum Gasteiger partial charge on any atom is -0.335 e. The van der Waals surface area contributed by atoms with Gasteiger partial charge >= 0.3 is 0 Å². The van der Waals surface area contributed by atoms with E-state index in [0.717, 1.165) is 25.8 Å². The summed E-state index contributed by atoms with van der Waals surface area (Å²) in [6.07, 6.45) is 2.84. The van der Waals surface area contributed by atoms with E-state index >= 15 is 0 Å². The maximum atomic E-state index is 13.9. The van der Waals surface area contributed by atoms with Gasteiger partial charge < -0.3 is 4.90 Å². The molecule has 2 aromatic carbocycles. The van der Waals surface area contributed by atoms with Crippen molar-refractivity contribution in [2.75, 3.05) is 6.54 Å². The summed E-state index contributed by atoms with van der Waals surface area (Å²) in [4.78, 5) is 15.0. The van der Waals surface area contributed by atoms with Crippen molar-refractivity contribution < 1.29 is 9.18 Å². The molecule has 2 nitrogen and oxygen atoms in total. The van der Waals surface area contributed by atoms with E-state index in [1.54, 1.807) is 6.07 Å². The Bertz CT molecular complexity index is 755. The number of benzene rings is 2. The molecule has 1 amide bonds. The fourth-order valence-electron chi connectivity index (χ4n) is 3.97. The Morgan fingerprint density at radius 1 is 1.12 bits per heavy atom. The van der Waals surface area contributed by atoms with Crippen LogP contribution in [-0.2, 0) is 4.79 Å². The molecule has 0 aromatic heterocycles. The van der Waals surface area contributed by atoms with Crippen LogP contribution in [0.4, 0.5) is 4.39 Å². The molecule has 2 aliphatic rings. The zero-order valence-electron chi connectivity index (χ0n) is 13.9. The van der Waals surface area contributed by atoms with Crippen LogP contribution in [0.15, 0.2) is 48.5 Å². The number of halogens is 1. The van der Waals surface area contributed by atoms with Gasteiger partial charge in [-0.3, -0.25) is 4.79 Å². The molecule has 2 aromatic rings. The zero-order chi connectivity index (χ0) is 16.7. The molecule has 4 rings (SSSR count). The van der Waals surface area contributed by atoms with Gasteiger partial charge in [0, 0.05) is 12.5 Å². The lowest BCUT2D eigenvalue weighted by atomic mass is 10.0. The van der Waals surface area contributed by atoms with Crippen molar-refractivity contribution in [2.45, 2.75) is 38.1 Å². The number of hydrogen-bond acceptors (Lipinski definition) is 1. The van der Waals surface area contributed by atoms with Crippen molar-refractivity contribution >= 4 is 5.91 Å². The van der Waals surface area contributed by atoms with Gasteiger partial charge in [0.15, 0.2) is 0 Å². The summed E-state index contributed by atoms with van der Waals surface area (Å²) < 4.78 is 13.9. The predicted molar refractivity (Wildman–Crippen MR) is 92.1 cm³/mol. The Hall–Kier alpha value is -2.16. The highest BCUT2D eigenvalue weighted by atomic mass is 19.1. The van der Waals surface area contributed by atoms with Crippen molar-refractivity contribution in [3.8, 4) is 0 Å². The SMILES string of the molecule is Cc1ccc(C2CCCN2C(=O)C2CC2c2ccccc2F)cc1. The van der Waals surface area contributed by atoms with Gasteiger partial charge in [0.2, 0.25) is 5.91 Å². The third-order valence-corrected chi connectivity index (χ3v) is 5.41. The van der Waals surface area contributed by atoms with Crippen LogP contribution < -0.4 is 0 Å². The summed E-state index contributed by atoms with van der Waals surface area (Å²) in [5, 5.41) is 0. The molecule has 0 bridgehead atoms. The van der Waals surface area contributed by atoms with Crippen LogP contribution in [-0.4, -0.2) is 17.4 Å². The van der Waals surface area contributed by atoms with Gasteiger partial charge in [0.1, 0.15) is 5.82 Å². The number of nitrogens with zero attached hydrogens (tertiary/aromatic N) is 1. The van der Waals surface area contributed by atoms with Crippen LogP contribution in [0.5, 0.6) is 0 Å². The molecule has 1 aliphatic heterocycles. The first kappa shape index (κ1) is 15.4. The van der Waals surface area contributed by atoms with Gasteiger partial charge in [-0.2, -0.15) is 0 Å². The van der Waals surface area contributed by atoms with Gasteiger partial charge in [0.05, 0.1) is 6.04 Å². The lowest BCUT2D eigenvalue weighted by Crippen LogP contribution is -2.32. The molecule has 0 N–H and O–H groups in total. The van der Waals surface area contributed by atoms with Crippen LogP contribution in [0.25, 0.3) is 0 Å². The number of carbonyl (C=O) groups is 1. The lowest BCUT2D eigenvalue weighted by Gasteiger charge is -2.25. The van der Waals surface area contributed by atoms with E-state index in [4.69, 9.17) is 0 Å². The maximum absolute atomic E-state index is 13.9. The standard InChI is InChI=1S/C21H22FNO/c1-14-8-10-15(11-9-14)20-7-4-12-23(20)21(24)18-13-17(18)16-5-2-3-6-19(16)22/h2-3,5-6,8-11,17-18,20H,4,7,12-13H2,1H3. The zero-order valence-corrected chi connectivity index (χ0v) is 13.9. The van der Waals surface area contributed by atoms with E-state index in [1.165, 1.54) is 17.2 Å². The van der Waals surface area contributed by atoms with Crippen LogP contribution in [0, 0.1) is 18.7 Å². The average molecular weight is 323 g/mol. The summed E-state index contributed by atoms with van der Waals surface area (Å²) in [7, 11) is 0. The monoisotopic (exact) mass is 323 g/mol. The number of amides is 1. The summed E-state index contributed by atoms with van der Waals surface area (Å²) in [6, 6.07) is 15.5. The highest BCUT2D eigenvalue weighted by Gasteiger charge is 2.48. The van der Waals surface area contributed by atoms with E-state index in [0.29, 0.717) is 5.56 Å². The third kappa shape index (κ3) is 2.72. The van der Waals surface area contributed by atoms with E-state index in [9.17, 15) is 9.18 Å². The largest absolute Gasteiger partial charge is 0.335 e. The van der Waals surface area contributed by atoms with Gasteiger partial charge in [-0.1, -0.05) is 48.0 Å². The van der Waals surface area contributed by atoms with Crippen molar-refractivity contribution in [1.29, 1.82) is 0 Å². The molecule has 3 heteroatoms. The van der Waals surface area contributed by atoms with E-state index in [1.807, 2.05) is 17.0 Å². The fourth-order valence-corrected chi connectivity index (χ4v) is 3.97. The first-order chi connectivity index (χ1) is 11.6. The lowest BCUT2D eigenvalue weighted by molar-refractivity contribution is -0.133. The molecule has 1 aliphatic carbocycles. The Morgan fingerprint density at radius 3 is 2.62 bits per heavy atom. The minimum absolute atomic E-state index is 0.0482. The Balaban J connectivity index is 1.50. The maximum Gasteiger partial charge on any atom is 0.226 e. The number of hydrogen-bond donors (Lipinski definition) is 0. The molecular weight excluding hydrogens is 301 g/mol. The highest BCUT2D eigenvalue weighted by Crippen LogP contribution is 2.50. The molecule has 124 valence electrons. The van der Waals surface area contributed by atoms with Gasteiger partial charge in [-0.25, -0.2) is 4.39 Å². The fraction of sp³-hybridized carbons (Fsp3) is 0.381. The topological polar surface area (TPSA) is 20.3 Å². The molecule has 1 saturated carbocycles. The van der Waals surface area contributed by atoms with E-state index < -0.39 is 0 Å². The molecule has 24 heavy (non-hydrogen) atoms. The summed E-state index contributed by atoms with van der Waals surface area (Å²) in [5.41, 5.74) is 3.15. The second-order valence-electron chi connectivity index (χ2n) is 7.07. The molecule has 3 unspecified atom stereocenters. The second kappa shape index (κ2) is 6.04. The number of rotatable bonds is 3. The normalized spacial score (nSPS) is 25.8. The smallest absolute Gasteiger partial charge is 0.226 e. The number of aryl methyl sites for hydroxylation is 1. The van der Waals surface area contributed by atoms with E-state index in [2.05, 4.69) is 31.2 Å². The summed E-state index contributed by atoms with van der Waals surface area (Å²) >= 11 is 0. The Kier molecular flexibility index (Phi) is 3.87. The van der Waals surface area contributed by atoms with Crippen molar-refractivity contribution in [2.24, 2.45) is 5.92 Å². The van der Waals surface area contributed by atoms with Crippen LogP contribution in [0.2, 0.25) is 0 Å². The van der Waals surface area contributed by atoms with Crippen molar-refractivity contribution in [3.05, 3.63) is 71.0 Å². The third-order valence-electron chi connectivity index (χ3n) is 5.41. The van der Waals surface area contributed by atoms with Gasteiger partial charge in [0.25, 0.3) is 0 Å². The first-order valence-electron chi connectivity index (χ1n) is 8.76. The number of likely N-dealkylation sites (tertiary alicyclic amines) is 1. The van der Waals surface area contributed by atoms with Crippen molar-refractivity contribution in [1.82, 2.24) is 4.90 Å². The molecule has 2 fully saturated rings.